The molecule has 3 atom stereocenters. The van der Waals surface area contributed by atoms with Gasteiger partial charge in [0.05, 0.1) is 19.0 Å². The van der Waals surface area contributed by atoms with E-state index in [1.165, 1.54) is 12.7 Å². The number of nitrogens with zero attached hydrogens (tertiary/aromatic N) is 4. The quantitative estimate of drug-likeness (QED) is 0.490. The topological polar surface area (TPSA) is 192 Å². The van der Waals surface area contributed by atoms with Crippen LogP contribution in [0, 0.1) is 0 Å². The zero-order valence-corrected chi connectivity index (χ0v) is 14.4. The summed E-state index contributed by atoms with van der Waals surface area (Å²) >= 11 is 0. The molecule has 3 rings (SSSR count). The van der Waals surface area contributed by atoms with Crippen molar-refractivity contribution >= 4 is 32.6 Å². The van der Waals surface area contributed by atoms with Gasteiger partial charge in [-0.05, 0) is 12.8 Å². The Morgan fingerprint density at radius 2 is 2.04 bits per heavy atom. The first-order chi connectivity index (χ1) is 11.6. The van der Waals surface area contributed by atoms with Crippen molar-refractivity contribution in [2.45, 2.75) is 25.2 Å². The van der Waals surface area contributed by atoms with Crippen molar-refractivity contribution in [3.63, 3.8) is 0 Å². The number of aromatic nitrogens is 4. The lowest BCUT2D eigenvalue weighted by molar-refractivity contribution is -0.0205. The van der Waals surface area contributed by atoms with Gasteiger partial charge in [0.25, 0.3) is 0 Å². The van der Waals surface area contributed by atoms with Crippen LogP contribution in [0.4, 0.5) is 5.82 Å². The molecule has 0 aliphatic carbocycles. The SMILES string of the molecule is Nc1ncnc2c1ncn2[C@H]1CC[C@@H](COP(=O)(O)OP(=O)(O)O)O1. The molecule has 0 saturated carbocycles. The molecule has 1 aliphatic heterocycles. The number of fused-ring (bicyclic) bond motifs is 1. The van der Waals surface area contributed by atoms with E-state index in [-0.39, 0.29) is 12.4 Å². The molecule has 0 aromatic carbocycles. The summed E-state index contributed by atoms with van der Waals surface area (Å²) in [6.07, 6.45) is 2.78. The van der Waals surface area contributed by atoms with E-state index in [1.807, 2.05) is 0 Å². The Balaban J connectivity index is 1.63. The highest BCUT2D eigenvalue weighted by molar-refractivity contribution is 7.60. The van der Waals surface area contributed by atoms with Gasteiger partial charge in [-0.2, -0.15) is 4.31 Å². The fourth-order valence-electron chi connectivity index (χ4n) is 2.43. The number of nitrogens with two attached hydrogens (primary N) is 1. The molecule has 1 fully saturated rings. The minimum absolute atomic E-state index is 0.234. The van der Waals surface area contributed by atoms with Crippen molar-refractivity contribution in [2.75, 3.05) is 12.3 Å². The predicted molar refractivity (Wildman–Crippen MR) is 81.8 cm³/mol. The number of hydrogen-bond donors (Lipinski definition) is 4. The molecule has 0 bridgehead atoms. The first kappa shape index (κ1) is 18.4. The van der Waals surface area contributed by atoms with Gasteiger partial charge in [-0.15, -0.1) is 0 Å². The Morgan fingerprint density at radius 3 is 2.76 bits per heavy atom. The molecule has 1 saturated heterocycles. The number of imidazole rings is 1. The highest BCUT2D eigenvalue weighted by Crippen LogP contribution is 2.57. The molecule has 0 spiro atoms. The number of ether oxygens (including phenoxy) is 1. The second-order valence-corrected chi connectivity index (χ2v) is 8.04. The Morgan fingerprint density at radius 1 is 1.28 bits per heavy atom. The average Bonchev–Trinajstić information content (AvgIpc) is 3.09. The van der Waals surface area contributed by atoms with Gasteiger partial charge in [-0.1, -0.05) is 0 Å². The van der Waals surface area contributed by atoms with E-state index in [0.29, 0.717) is 24.0 Å². The van der Waals surface area contributed by atoms with Crippen LogP contribution in [-0.2, 0) is 22.7 Å². The minimum atomic E-state index is -5.15. The fourth-order valence-corrected chi connectivity index (χ4v) is 4.05. The number of hydrogen-bond acceptors (Lipinski definition) is 9. The summed E-state index contributed by atoms with van der Waals surface area (Å²) in [5.74, 6) is 0.234. The van der Waals surface area contributed by atoms with Gasteiger partial charge in [0.1, 0.15) is 18.1 Å². The molecular weight excluding hydrogens is 380 g/mol. The van der Waals surface area contributed by atoms with Crippen LogP contribution in [0.3, 0.4) is 0 Å². The van der Waals surface area contributed by atoms with Crippen LogP contribution in [0.15, 0.2) is 12.7 Å². The highest BCUT2D eigenvalue weighted by Gasteiger charge is 2.35. The smallest absolute Gasteiger partial charge is 0.382 e. The van der Waals surface area contributed by atoms with Crippen molar-refractivity contribution in [2.24, 2.45) is 0 Å². The van der Waals surface area contributed by atoms with E-state index in [1.54, 1.807) is 4.57 Å². The highest BCUT2D eigenvalue weighted by atomic mass is 31.3. The summed E-state index contributed by atoms with van der Waals surface area (Å²) in [6.45, 7) is -0.381. The first-order valence-electron chi connectivity index (χ1n) is 6.97. The number of phosphoric acid groups is 2. The van der Waals surface area contributed by atoms with E-state index in [2.05, 4.69) is 23.8 Å². The maximum Gasteiger partial charge on any atom is 0.481 e. The number of rotatable bonds is 6. The van der Waals surface area contributed by atoms with Crippen molar-refractivity contribution in [3.05, 3.63) is 12.7 Å². The third-order valence-corrected chi connectivity index (χ3v) is 5.57. The third kappa shape index (κ3) is 4.40. The van der Waals surface area contributed by atoms with Gasteiger partial charge in [0, 0.05) is 0 Å². The van der Waals surface area contributed by atoms with Crippen molar-refractivity contribution in [1.29, 1.82) is 0 Å². The molecule has 2 aromatic rings. The molecule has 1 aliphatic rings. The maximum absolute atomic E-state index is 11.4. The average molecular weight is 395 g/mol. The summed E-state index contributed by atoms with van der Waals surface area (Å²) in [4.78, 5) is 38.4. The van der Waals surface area contributed by atoms with Gasteiger partial charge >= 0.3 is 15.6 Å². The molecule has 1 unspecified atom stereocenters. The largest absolute Gasteiger partial charge is 0.481 e. The van der Waals surface area contributed by atoms with Crippen LogP contribution in [-0.4, -0.2) is 46.9 Å². The lowest BCUT2D eigenvalue weighted by atomic mass is 10.2. The first-order valence-corrected chi connectivity index (χ1v) is 10.00. The maximum atomic E-state index is 11.4. The van der Waals surface area contributed by atoms with Crippen LogP contribution >= 0.6 is 15.6 Å². The number of phosphoric ester groups is 1. The van der Waals surface area contributed by atoms with Gasteiger partial charge in [0.15, 0.2) is 11.5 Å². The normalized spacial score (nSPS) is 23.8. The van der Waals surface area contributed by atoms with E-state index in [9.17, 15) is 14.0 Å². The zero-order chi connectivity index (χ0) is 18.2. The Hall–Kier alpha value is -1.43. The molecule has 13 nitrogen and oxygen atoms in total. The Labute approximate surface area is 140 Å². The lowest BCUT2D eigenvalue weighted by Crippen LogP contribution is -2.16. The minimum Gasteiger partial charge on any atom is -0.382 e. The molecule has 25 heavy (non-hydrogen) atoms. The molecule has 15 heteroatoms. The summed E-state index contributed by atoms with van der Waals surface area (Å²) in [6, 6.07) is 0. The van der Waals surface area contributed by atoms with Gasteiger partial charge < -0.3 is 25.2 Å². The van der Waals surface area contributed by atoms with E-state index >= 15 is 0 Å². The van der Waals surface area contributed by atoms with E-state index in [4.69, 9.17) is 20.3 Å². The summed E-state index contributed by atoms with van der Waals surface area (Å²) in [7, 11) is -10.0. The Bertz CT molecular complexity index is 868. The predicted octanol–water partition coefficient (Wildman–Crippen LogP) is 0.312. The standard InChI is InChI=1S/C10H15N5O8P2/c11-9-8-10(13-4-12-9)15(5-14-8)7-2-1-6(22-7)3-21-25(19,20)23-24(16,17)18/h4-7H,1-3H2,(H,19,20)(H2,11,12,13)(H2,16,17,18)/t6-,7+/m0/s1. The summed E-state index contributed by atoms with van der Waals surface area (Å²) in [5.41, 5.74) is 6.63. The van der Waals surface area contributed by atoms with Crippen molar-refractivity contribution in [1.82, 2.24) is 19.5 Å². The molecule has 5 N–H and O–H groups in total. The molecule has 3 heterocycles. The van der Waals surface area contributed by atoms with Crippen LogP contribution in [0.5, 0.6) is 0 Å². The second kappa shape index (κ2) is 6.71. The number of nitrogen functional groups attached to an aromatic ring is 1. The van der Waals surface area contributed by atoms with Gasteiger partial charge in [-0.3, -0.25) is 9.09 Å². The van der Waals surface area contributed by atoms with E-state index in [0.717, 1.165) is 0 Å². The molecule has 2 aromatic heterocycles. The van der Waals surface area contributed by atoms with E-state index < -0.39 is 28.0 Å². The number of anilines is 1. The van der Waals surface area contributed by atoms with Crippen LogP contribution < -0.4 is 5.73 Å². The lowest BCUT2D eigenvalue weighted by Gasteiger charge is -2.17. The second-order valence-electron chi connectivity index (χ2n) is 5.21. The van der Waals surface area contributed by atoms with Crippen molar-refractivity contribution in [3.8, 4) is 0 Å². The summed E-state index contributed by atoms with van der Waals surface area (Å²) < 4.78 is 37.6. The Kier molecular flexibility index (Phi) is 4.93. The van der Waals surface area contributed by atoms with Crippen LogP contribution in [0.2, 0.25) is 0 Å². The fraction of sp³-hybridized carbons (Fsp3) is 0.500. The van der Waals surface area contributed by atoms with Crippen LogP contribution in [0.1, 0.15) is 19.1 Å². The monoisotopic (exact) mass is 395 g/mol. The zero-order valence-electron chi connectivity index (χ0n) is 12.6. The molecular formula is C10H15N5O8P2. The molecule has 138 valence electrons. The summed E-state index contributed by atoms with van der Waals surface area (Å²) in [5, 5.41) is 0. The molecule has 0 radical (unpaired) electrons. The molecule has 0 amide bonds. The third-order valence-electron chi connectivity index (χ3n) is 3.42. The van der Waals surface area contributed by atoms with Crippen LogP contribution in [0.25, 0.3) is 11.2 Å². The van der Waals surface area contributed by atoms with Gasteiger partial charge in [0.2, 0.25) is 0 Å². The van der Waals surface area contributed by atoms with Crippen molar-refractivity contribution < 1.29 is 37.4 Å². The van der Waals surface area contributed by atoms with Gasteiger partial charge in [-0.25, -0.2) is 24.1 Å².